The summed E-state index contributed by atoms with van der Waals surface area (Å²) >= 11 is 0. The quantitative estimate of drug-likeness (QED) is 0.755. The van der Waals surface area contributed by atoms with Gasteiger partial charge in [-0.3, -0.25) is 4.90 Å². The van der Waals surface area contributed by atoms with Crippen molar-refractivity contribution in [2.75, 3.05) is 46.9 Å². The van der Waals surface area contributed by atoms with Crippen molar-refractivity contribution < 1.29 is 4.74 Å². The van der Waals surface area contributed by atoms with Gasteiger partial charge in [0.1, 0.15) is 0 Å². The van der Waals surface area contributed by atoms with Crippen LogP contribution in [-0.4, -0.2) is 68.3 Å². The van der Waals surface area contributed by atoms with Gasteiger partial charge in [-0.25, -0.2) is 0 Å². The average molecular weight is 241 g/mol. The van der Waals surface area contributed by atoms with E-state index in [0.29, 0.717) is 6.04 Å². The molecule has 4 nitrogen and oxygen atoms in total. The number of hydrogen-bond acceptors (Lipinski definition) is 4. The maximum Gasteiger partial charge on any atom is 0.0615 e. The van der Waals surface area contributed by atoms with Crippen molar-refractivity contribution in [2.45, 2.75) is 31.3 Å². The first-order valence-electron chi connectivity index (χ1n) is 6.78. The molecule has 0 aromatic carbocycles. The Balaban J connectivity index is 2.12. The number of ether oxygens (including phenoxy) is 1. The van der Waals surface area contributed by atoms with Gasteiger partial charge in [-0.15, -0.1) is 0 Å². The second kappa shape index (κ2) is 5.22. The summed E-state index contributed by atoms with van der Waals surface area (Å²) in [5.41, 5.74) is 6.36. The molecule has 2 heterocycles. The second-order valence-electron chi connectivity index (χ2n) is 5.76. The Morgan fingerprint density at radius 1 is 1.53 bits per heavy atom. The normalized spacial score (nSPS) is 38.6. The SMILES string of the molecule is COCC(C)N(C)C1(CN)CCN2CCC1C2. The number of rotatable bonds is 5. The highest BCUT2D eigenvalue weighted by Gasteiger charge is 2.48. The minimum absolute atomic E-state index is 0.199. The molecule has 2 aliphatic rings. The van der Waals surface area contributed by atoms with Crippen LogP contribution < -0.4 is 5.73 Å². The third kappa shape index (κ3) is 2.24. The van der Waals surface area contributed by atoms with Crippen molar-refractivity contribution in [1.29, 1.82) is 0 Å². The molecule has 2 aliphatic heterocycles. The Hall–Kier alpha value is -0.160. The Morgan fingerprint density at radius 2 is 2.29 bits per heavy atom. The molecule has 0 radical (unpaired) electrons. The number of fused-ring (bicyclic) bond motifs is 2. The van der Waals surface area contributed by atoms with Crippen molar-refractivity contribution in [3.63, 3.8) is 0 Å². The molecule has 0 spiro atoms. The molecule has 4 unspecified atom stereocenters. The summed E-state index contributed by atoms with van der Waals surface area (Å²) in [6.45, 7) is 7.50. The summed E-state index contributed by atoms with van der Waals surface area (Å²) in [5.74, 6) is 0.741. The van der Waals surface area contributed by atoms with E-state index in [2.05, 4.69) is 23.8 Å². The predicted molar refractivity (Wildman–Crippen MR) is 70.1 cm³/mol. The molecule has 2 fully saturated rings. The number of nitrogens with two attached hydrogens (primary N) is 1. The standard InChI is InChI=1S/C13H27N3O/c1-11(9-17-3)15(2)13(10-14)5-7-16-6-4-12(13)8-16/h11-12H,4-10,14H2,1-3H3. The first kappa shape index (κ1) is 13.3. The fraction of sp³-hybridized carbons (Fsp3) is 1.00. The Kier molecular flexibility index (Phi) is 4.08. The summed E-state index contributed by atoms with van der Waals surface area (Å²) in [7, 11) is 4.00. The van der Waals surface area contributed by atoms with Gasteiger partial charge in [-0.1, -0.05) is 0 Å². The molecule has 2 N–H and O–H groups in total. The first-order chi connectivity index (χ1) is 8.14. The molecule has 0 aromatic rings. The Bertz CT molecular complexity index is 261. The van der Waals surface area contributed by atoms with Gasteiger partial charge < -0.3 is 15.4 Å². The monoisotopic (exact) mass is 241 g/mol. The molecule has 2 bridgehead atoms. The highest BCUT2D eigenvalue weighted by molar-refractivity contribution is 5.05. The summed E-state index contributed by atoms with van der Waals surface area (Å²) in [6.07, 6.45) is 2.51. The van der Waals surface area contributed by atoms with Crippen LogP contribution in [0.3, 0.4) is 0 Å². The van der Waals surface area contributed by atoms with Gasteiger partial charge in [0.2, 0.25) is 0 Å². The zero-order valence-electron chi connectivity index (χ0n) is 11.5. The van der Waals surface area contributed by atoms with E-state index in [1.165, 1.54) is 32.5 Å². The molecule has 0 amide bonds. The fourth-order valence-electron chi connectivity index (χ4n) is 3.70. The third-order valence-electron chi connectivity index (χ3n) is 5.02. The van der Waals surface area contributed by atoms with Crippen LogP contribution in [0.4, 0.5) is 0 Å². The molecular formula is C13H27N3O. The van der Waals surface area contributed by atoms with Gasteiger partial charge in [0, 0.05) is 31.8 Å². The van der Waals surface area contributed by atoms with Gasteiger partial charge in [0.05, 0.1) is 6.61 Å². The number of methoxy groups -OCH3 is 1. The topological polar surface area (TPSA) is 41.7 Å². The molecule has 17 heavy (non-hydrogen) atoms. The summed E-state index contributed by atoms with van der Waals surface area (Å²) in [4.78, 5) is 5.07. The van der Waals surface area contributed by atoms with E-state index in [9.17, 15) is 0 Å². The van der Waals surface area contributed by atoms with Gasteiger partial charge >= 0.3 is 0 Å². The molecule has 4 heteroatoms. The lowest BCUT2D eigenvalue weighted by Gasteiger charge is -2.50. The van der Waals surface area contributed by atoms with Crippen LogP contribution in [0, 0.1) is 5.92 Å². The zero-order valence-corrected chi connectivity index (χ0v) is 11.5. The first-order valence-corrected chi connectivity index (χ1v) is 6.78. The minimum atomic E-state index is 0.199. The third-order valence-corrected chi connectivity index (χ3v) is 5.02. The molecule has 2 rings (SSSR count). The van der Waals surface area contributed by atoms with Crippen molar-refractivity contribution in [1.82, 2.24) is 9.80 Å². The van der Waals surface area contributed by atoms with Crippen molar-refractivity contribution in [3.05, 3.63) is 0 Å². The fourth-order valence-corrected chi connectivity index (χ4v) is 3.70. The highest BCUT2D eigenvalue weighted by atomic mass is 16.5. The number of likely N-dealkylation sites (N-methyl/N-ethyl adjacent to an activating group) is 1. The lowest BCUT2D eigenvalue weighted by atomic mass is 9.77. The summed E-state index contributed by atoms with van der Waals surface area (Å²) in [5, 5.41) is 0. The van der Waals surface area contributed by atoms with Crippen LogP contribution in [0.1, 0.15) is 19.8 Å². The predicted octanol–water partition coefficient (Wildman–Crippen LogP) is 0.376. The van der Waals surface area contributed by atoms with Crippen LogP contribution in [0.15, 0.2) is 0 Å². The van der Waals surface area contributed by atoms with E-state index in [-0.39, 0.29) is 5.54 Å². The Morgan fingerprint density at radius 3 is 2.94 bits per heavy atom. The highest BCUT2D eigenvalue weighted by Crippen LogP contribution is 2.39. The molecule has 2 saturated heterocycles. The van der Waals surface area contributed by atoms with Gasteiger partial charge in [0.15, 0.2) is 0 Å². The second-order valence-corrected chi connectivity index (χ2v) is 5.76. The van der Waals surface area contributed by atoms with E-state index >= 15 is 0 Å². The maximum atomic E-state index is 6.16. The molecule has 0 aliphatic carbocycles. The van der Waals surface area contributed by atoms with Crippen LogP contribution in [0.5, 0.6) is 0 Å². The van der Waals surface area contributed by atoms with E-state index in [1.54, 1.807) is 7.11 Å². The van der Waals surface area contributed by atoms with Crippen molar-refractivity contribution in [3.8, 4) is 0 Å². The van der Waals surface area contributed by atoms with E-state index in [4.69, 9.17) is 10.5 Å². The molecule has 0 aromatic heterocycles. The Labute approximate surface area is 105 Å². The molecule has 100 valence electrons. The zero-order chi connectivity index (χ0) is 12.5. The maximum absolute atomic E-state index is 6.16. The van der Waals surface area contributed by atoms with Crippen molar-refractivity contribution in [2.24, 2.45) is 11.7 Å². The lowest BCUT2D eigenvalue weighted by Crippen LogP contribution is -2.63. The minimum Gasteiger partial charge on any atom is -0.383 e. The van der Waals surface area contributed by atoms with Crippen LogP contribution in [-0.2, 0) is 4.74 Å². The number of piperidine rings is 1. The van der Waals surface area contributed by atoms with E-state index < -0.39 is 0 Å². The summed E-state index contributed by atoms with van der Waals surface area (Å²) < 4.78 is 5.29. The molecular weight excluding hydrogens is 214 g/mol. The molecule has 0 saturated carbocycles. The molecule has 4 atom stereocenters. The van der Waals surface area contributed by atoms with E-state index in [1.807, 2.05) is 0 Å². The largest absolute Gasteiger partial charge is 0.383 e. The van der Waals surface area contributed by atoms with Gasteiger partial charge in [0.25, 0.3) is 0 Å². The number of hydrogen-bond donors (Lipinski definition) is 1. The van der Waals surface area contributed by atoms with Crippen LogP contribution >= 0.6 is 0 Å². The number of nitrogens with zero attached hydrogens (tertiary/aromatic N) is 2. The van der Waals surface area contributed by atoms with Crippen LogP contribution in [0.2, 0.25) is 0 Å². The lowest BCUT2D eigenvalue weighted by molar-refractivity contribution is -0.0187. The van der Waals surface area contributed by atoms with Gasteiger partial charge in [-0.05, 0) is 45.8 Å². The van der Waals surface area contributed by atoms with Crippen LogP contribution in [0.25, 0.3) is 0 Å². The summed E-state index contributed by atoms with van der Waals surface area (Å²) in [6, 6.07) is 0.440. The van der Waals surface area contributed by atoms with Gasteiger partial charge in [-0.2, -0.15) is 0 Å². The van der Waals surface area contributed by atoms with E-state index in [0.717, 1.165) is 19.1 Å². The smallest absolute Gasteiger partial charge is 0.0615 e. The van der Waals surface area contributed by atoms with Crippen molar-refractivity contribution >= 4 is 0 Å². The average Bonchev–Trinajstić information content (AvgIpc) is 2.74.